The van der Waals surface area contributed by atoms with Crippen molar-refractivity contribution in [1.82, 2.24) is 15.6 Å². The lowest BCUT2D eigenvalue weighted by Gasteiger charge is -2.10. The number of methoxy groups -OCH3 is 1. The number of guanidine groups is 1. The number of nitrogens with zero attached hydrogens (tertiary/aromatic N) is 2. The summed E-state index contributed by atoms with van der Waals surface area (Å²) in [5.74, 6) is 0.212. The fraction of sp³-hybridized carbons (Fsp3) is 0.615. The fourth-order valence-electron chi connectivity index (χ4n) is 1.61. The highest BCUT2D eigenvalue weighted by atomic mass is 127. The monoisotopic (exact) mass is 480 g/mol. The van der Waals surface area contributed by atoms with Crippen LogP contribution in [0.1, 0.15) is 30.0 Å². The highest BCUT2D eigenvalue weighted by molar-refractivity contribution is 14.0. The van der Waals surface area contributed by atoms with E-state index in [0.29, 0.717) is 30.4 Å². The van der Waals surface area contributed by atoms with Crippen molar-refractivity contribution in [3.8, 4) is 0 Å². The summed E-state index contributed by atoms with van der Waals surface area (Å²) in [4.78, 5) is 18.4. The molecule has 11 heteroatoms. The minimum Gasteiger partial charge on any atom is -0.469 e. The molecule has 0 bridgehead atoms. The molecule has 0 amide bonds. The maximum absolute atomic E-state index is 12.4. The molecule has 0 aliphatic carbocycles. The Kier molecular flexibility index (Phi) is 10.9. The number of carbonyl (C=O) groups excluding carboxylic acids is 1. The summed E-state index contributed by atoms with van der Waals surface area (Å²) < 4.78 is 41.9. The van der Waals surface area contributed by atoms with Gasteiger partial charge in [0.1, 0.15) is 5.01 Å². The smallest absolute Gasteiger partial charge is 0.434 e. The Morgan fingerprint density at radius 3 is 2.62 bits per heavy atom. The SMILES string of the molecule is CN=C(NCCCCC(=O)OC)NCc1nc(C(F)(F)F)cs1.I. The molecule has 0 radical (unpaired) electrons. The van der Waals surface area contributed by atoms with Crippen LogP contribution in [-0.4, -0.2) is 37.6 Å². The quantitative estimate of drug-likeness (QED) is 0.207. The summed E-state index contributed by atoms with van der Waals surface area (Å²) in [6.45, 7) is 0.741. The van der Waals surface area contributed by atoms with Gasteiger partial charge in [-0.25, -0.2) is 4.98 Å². The van der Waals surface area contributed by atoms with E-state index in [4.69, 9.17) is 0 Å². The Hall–Kier alpha value is -1.11. The fourth-order valence-corrected chi connectivity index (χ4v) is 2.35. The average molecular weight is 480 g/mol. The summed E-state index contributed by atoms with van der Waals surface area (Å²) in [5.41, 5.74) is -0.884. The van der Waals surface area contributed by atoms with Crippen LogP contribution in [0.4, 0.5) is 13.2 Å². The van der Waals surface area contributed by atoms with E-state index >= 15 is 0 Å². The first kappa shape index (κ1) is 22.9. The van der Waals surface area contributed by atoms with Crippen LogP contribution < -0.4 is 10.6 Å². The first-order valence-electron chi connectivity index (χ1n) is 6.89. The first-order chi connectivity index (χ1) is 10.9. The second kappa shape index (κ2) is 11.4. The Morgan fingerprint density at radius 2 is 2.08 bits per heavy atom. The number of alkyl halides is 3. The van der Waals surface area contributed by atoms with Crippen LogP contribution in [0.2, 0.25) is 0 Å². The lowest BCUT2D eigenvalue weighted by atomic mass is 10.2. The topological polar surface area (TPSA) is 75.6 Å². The van der Waals surface area contributed by atoms with E-state index in [9.17, 15) is 18.0 Å². The summed E-state index contributed by atoms with van der Waals surface area (Å²) in [6.07, 6.45) is -2.65. The van der Waals surface area contributed by atoms with Gasteiger partial charge in [0, 0.05) is 25.4 Å². The lowest BCUT2D eigenvalue weighted by Crippen LogP contribution is -2.37. The zero-order valence-electron chi connectivity index (χ0n) is 13.3. The van der Waals surface area contributed by atoms with Crippen LogP contribution in [0, 0.1) is 0 Å². The molecule has 1 rings (SSSR count). The number of carbonyl (C=O) groups is 1. The molecule has 24 heavy (non-hydrogen) atoms. The zero-order chi connectivity index (χ0) is 17.3. The Morgan fingerprint density at radius 1 is 1.38 bits per heavy atom. The minimum absolute atomic E-state index is 0. The van der Waals surface area contributed by atoms with Gasteiger partial charge in [-0.15, -0.1) is 35.3 Å². The number of aliphatic imine (C=N–C) groups is 1. The Balaban J connectivity index is 0.00000529. The maximum Gasteiger partial charge on any atom is 0.434 e. The highest BCUT2D eigenvalue weighted by Crippen LogP contribution is 2.29. The predicted molar refractivity (Wildman–Crippen MR) is 96.6 cm³/mol. The molecule has 1 aromatic rings. The molecular formula is C13H20F3IN4O2S. The van der Waals surface area contributed by atoms with Crippen molar-refractivity contribution in [1.29, 1.82) is 0 Å². The number of aromatic nitrogens is 1. The molecule has 0 aliphatic rings. The van der Waals surface area contributed by atoms with Crippen molar-refractivity contribution >= 4 is 47.2 Å². The van der Waals surface area contributed by atoms with E-state index in [-0.39, 0.29) is 36.5 Å². The molecule has 6 nitrogen and oxygen atoms in total. The second-order valence-corrected chi connectivity index (χ2v) is 5.45. The number of esters is 1. The molecule has 0 unspecified atom stereocenters. The molecule has 0 saturated heterocycles. The summed E-state index contributed by atoms with van der Waals surface area (Å²) in [6, 6.07) is 0. The standard InChI is InChI=1S/C13H19F3N4O2S.HI/c1-17-12(18-6-4-3-5-11(21)22-2)19-7-10-20-9(8-23-10)13(14,15)16;/h8H,3-7H2,1-2H3,(H2,17,18,19);1H. The van der Waals surface area contributed by atoms with Gasteiger partial charge in [-0.2, -0.15) is 13.2 Å². The first-order valence-corrected chi connectivity index (χ1v) is 7.77. The summed E-state index contributed by atoms with van der Waals surface area (Å²) in [5, 5.41) is 7.21. The van der Waals surface area contributed by atoms with Gasteiger partial charge in [0.25, 0.3) is 0 Å². The predicted octanol–water partition coefficient (Wildman–Crippen LogP) is 2.79. The summed E-state index contributed by atoms with van der Waals surface area (Å²) >= 11 is 0.939. The van der Waals surface area contributed by atoms with E-state index in [1.807, 2.05) is 0 Å². The molecule has 0 fully saturated rings. The van der Waals surface area contributed by atoms with Crippen LogP contribution in [0.15, 0.2) is 10.4 Å². The molecule has 0 aliphatic heterocycles. The third kappa shape index (κ3) is 8.66. The number of rotatable bonds is 7. The number of hydrogen-bond acceptors (Lipinski definition) is 5. The molecule has 0 atom stereocenters. The molecule has 2 N–H and O–H groups in total. The van der Waals surface area contributed by atoms with E-state index in [1.165, 1.54) is 7.11 Å². The second-order valence-electron chi connectivity index (χ2n) is 4.51. The van der Waals surface area contributed by atoms with Gasteiger partial charge in [-0.3, -0.25) is 9.79 Å². The molecular weight excluding hydrogens is 460 g/mol. The van der Waals surface area contributed by atoms with Gasteiger partial charge in [0.15, 0.2) is 11.7 Å². The van der Waals surface area contributed by atoms with Crippen molar-refractivity contribution in [2.45, 2.75) is 32.0 Å². The molecule has 0 aromatic carbocycles. The summed E-state index contributed by atoms with van der Waals surface area (Å²) in [7, 11) is 2.90. The van der Waals surface area contributed by atoms with Gasteiger partial charge >= 0.3 is 12.1 Å². The van der Waals surface area contributed by atoms with E-state index in [1.54, 1.807) is 7.05 Å². The van der Waals surface area contributed by atoms with Crippen molar-refractivity contribution in [2.75, 3.05) is 20.7 Å². The van der Waals surface area contributed by atoms with Crippen LogP contribution in [0.5, 0.6) is 0 Å². The van der Waals surface area contributed by atoms with Gasteiger partial charge in [-0.1, -0.05) is 0 Å². The Bertz CT molecular complexity index is 538. The van der Waals surface area contributed by atoms with Crippen molar-refractivity contribution in [3.63, 3.8) is 0 Å². The van der Waals surface area contributed by atoms with Gasteiger partial charge in [0.2, 0.25) is 0 Å². The number of thiazole rings is 1. The molecule has 1 aromatic heterocycles. The van der Waals surface area contributed by atoms with Gasteiger partial charge in [-0.05, 0) is 12.8 Å². The number of hydrogen-bond donors (Lipinski definition) is 2. The van der Waals surface area contributed by atoms with E-state index < -0.39 is 11.9 Å². The van der Waals surface area contributed by atoms with Gasteiger partial charge in [0.05, 0.1) is 13.7 Å². The van der Waals surface area contributed by atoms with E-state index in [2.05, 4.69) is 25.3 Å². The van der Waals surface area contributed by atoms with Crippen molar-refractivity contribution in [2.24, 2.45) is 4.99 Å². The molecule has 0 spiro atoms. The average Bonchev–Trinajstić information content (AvgIpc) is 2.98. The molecule has 138 valence electrons. The third-order valence-electron chi connectivity index (χ3n) is 2.80. The largest absolute Gasteiger partial charge is 0.469 e. The van der Waals surface area contributed by atoms with Crippen LogP contribution in [0.25, 0.3) is 0 Å². The molecule has 1 heterocycles. The zero-order valence-corrected chi connectivity index (χ0v) is 16.4. The maximum atomic E-state index is 12.4. The molecule has 0 saturated carbocycles. The minimum atomic E-state index is -4.42. The highest BCUT2D eigenvalue weighted by Gasteiger charge is 2.33. The third-order valence-corrected chi connectivity index (χ3v) is 3.65. The number of unbranched alkanes of at least 4 members (excludes halogenated alkanes) is 1. The van der Waals surface area contributed by atoms with Crippen LogP contribution in [0.3, 0.4) is 0 Å². The number of ether oxygens (including phenoxy) is 1. The van der Waals surface area contributed by atoms with Crippen molar-refractivity contribution in [3.05, 3.63) is 16.1 Å². The normalized spacial score (nSPS) is 11.6. The number of nitrogens with one attached hydrogen (secondary N) is 2. The van der Waals surface area contributed by atoms with E-state index in [0.717, 1.165) is 23.1 Å². The van der Waals surface area contributed by atoms with Crippen LogP contribution in [-0.2, 0) is 22.3 Å². The van der Waals surface area contributed by atoms with Gasteiger partial charge < -0.3 is 15.4 Å². The Labute approximate surface area is 159 Å². The van der Waals surface area contributed by atoms with Crippen LogP contribution >= 0.6 is 35.3 Å². The van der Waals surface area contributed by atoms with Crippen molar-refractivity contribution < 1.29 is 22.7 Å². The number of halogens is 4. The lowest BCUT2D eigenvalue weighted by molar-refractivity contribution is -0.141.